The largest absolute Gasteiger partial charge is 0.377 e. The summed E-state index contributed by atoms with van der Waals surface area (Å²) in [6.45, 7) is 0.921. The van der Waals surface area contributed by atoms with Crippen LogP contribution in [0.25, 0.3) is 0 Å². The van der Waals surface area contributed by atoms with Crippen molar-refractivity contribution >= 4 is 0 Å². The van der Waals surface area contributed by atoms with Gasteiger partial charge in [-0.05, 0) is 44.4 Å². The summed E-state index contributed by atoms with van der Waals surface area (Å²) in [5.41, 5.74) is 2.72. The lowest BCUT2D eigenvalue weighted by Gasteiger charge is -2.28. The molecule has 0 aromatic carbocycles. The van der Waals surface area contributed by atoms with Crippen molar-refractivity contribution < 1.29 is 4.74 Å². The van der Waals surface area contributed by atoms with Gasteiger partial charge in [0.2, 0.25) is 0 Å². The standard InChI is InChI=1S/C14H20N2O/c1-15-14(12-5-3-9-17-12)11-7-6-10-4-2-8-16-13(10)11/h2,4,8,11-12,14-15H,3,5-7,9H2,1H3. The van der Waals surface area contributed by atoms with E-state index in [1.807, 2.05) is 19.3 Å². The smallest absolute Gasteiger partial charge is 0.0735 e. The fourth-order valence-electron chi connectivity index (χ4n) is 3.33. The van der Waals surface area contributed by atoms with Gasteiger partial charge in [0.1, 0.15) is 0 Å². The summed E-state index contributed by atoms with van der Waals surface area (Å²) in [7, 11) is 2.05. The highest BCUT2D eigenvalue weighted by molar-refractivity contribution is 5.30. The highest BCUT2D eigenvalue weighted by Gasteiger charge is 2.36. The molecule has 3 nitrogen and oxygen atoms in total. The molecule has 3 unspecified atom stereocenters. The molecule has 92 valence electrons. The SMILES string of the molecule is CNC(C1CCCO1)C1CCc2cccnc21. The van der Waals surface area contributed by atoms with E-state index >= 15 is 0 Å². The Balaban J connectivity index is 1.84. The molecule has 2 aliphatic rings. The Morgan fingerprint density at radius 2 is 2.41 bits per heavy atom. The van der Waals surface area contributed by atoms with Crippen LogP contribution in [0.15, 0.2) is 18.3 Å². The van der Waals surface area contributed by atoms with Gasteiger partial charge in [0, 0.05) is 30.5 Å². The van der Waals surface area contributed by atoms with Crippen molar-refractivity contribution in [2.24, 2.45) is 0 Å². The number of pyridine rings is 1. The number of hydrogen-bond acceptors (Lipinski definition) is 3. The van der Waals surface area contributed by atoms with Crippen molar-refractivity contribution in [2.75, 3.05) is 13.7 Å². The molecule has 17 heavy (non-hydrogen) atoms. The summed E-state index contributed by atoms with van der Waals surface area (Å²) in [6, 6.07) is 4.68. The number of nitrogens with one attached hydrogen (secondary N) is 1. The molecule has 3 heteroatoms. The van der Waals surface area contributed by atoms with Crippen molar-refractivity contribution in [3.8, 4) is 0 Å². The van der Waals surface area contributed by atoms with E-state index in [4.69, 9.17) is 4.74 Å². The molecule has 1 N–H and O–H groups in total. The molecule has 0 spiro atoms. The quantitative estimate of drug-likeness (QED) is 0.864. The monoisotopic (exact) mass is 232 g/mol. The van der Waals surface area contributed by atoms with E-state index < -0.39 is 0 Å². The maximum absolute atomic E-state index is 5.84. The first kappa shape index (κ1) is 11.2. The van der Waals surface area contributed by atoms with Crippen LogP contribution in [0.4, 0.5) is 0 Å². The fourth-order valence-corrected chi connectivity index (χ4v) is 3.33. The summed E-state index contributed by atoms with van der Waals surface area (Å²) in [5, 5.41) is 3.46. The molecule has 1 fully saturated rings. The van der Waals surface area contributed by atoms with E-state index in [1.54, 1.807) is 0 Å². The van der Waals surface area contributed by atoms with Crippen LogP contribution in [0.3, 0.4) is 0 Å². The van der Waals surface area contributed by atoms with Gasteiger partial charge in [-0.25, -0.2) is 0 Å². The van der Waals surface area contributed by atoms with Gasteiger partial charge in [-0.2, -0.15) is 0 Å². The Hall–Kier alpha value is -0.930. The summed E-state index contributed by atoms with van der Waals surface area (Å²) < 4.78 is 5.84. The summed E-state index contributed by atoms with van der Waals surface area (Å²) in [5.74, 6) is 0.527. The van der Waals surface area contributed by atoms with Crippen LogP contribution in [0, 0.1) is 0 Å². The second kappa shape index (κ2) is 4.75. The third-order valence-electron chi connectivity index (χ3n) is 4.13. The number of nitrogens with zero attached hydrogens (tertiary/aromatic N) is 1. The molecule has 0 radical (unpaired) electrons. The van der Waals surface area contributed by atoms with Crippen LogP contribution in [-0.2, 0) is 11.2 Å². The minimum atomic E-state index is 0.373. The molecule has 0 saturated carbocycles. The van der Waals surface area contributed by atoms with E-state index in [9.17, 15) is 0 Å². The van der Waals surface area contributed by atoms with Gasteiger partial charge in [0.25, 0.3) is 0 Å². The van der Waals surface area contributed by atoms with Gasteiger partial charge >= 0.3 is 0 Å². The van der Waals surface area contributed by atoms with Gasteiger partial charge < -0.3 is 10.1 Å². The van der Waals surface area contributed by atoms with E-state index in [0.29, 0.717) is 18.1 Å². The molecule has 1 aliphatic heterocycles. The Morgan fingerprint density at radius 1 is 1.47 bits per heavy atom. The zero-order chi connectivity index (χ0) is 11.7. The summed E-state index contributed by atoms with van der Waals surface area (Å²) in [4.78, 5) is 4.59. The average molecular weight is 232 g/mol. The van der Waals surface area contributed by atoms with Crippen LogP contribution >= 0.6 is 0 Å². The zero-order valence-electron chi connectivity index (χ0n) is 10.4. The maximum Gasteiger partial charge on any atom is 0.0735 e. The lowest BCUT2D eigenvalue weighted by atomic mass is 9.91. The first-order chi connectivity index (χ1) is 8.40. The number of likely N-dealkylation sites (N-methyl/N-ethyl adjacent to an activating group) is 1. The van der Waals surface area contributed by atoms with Crippen LogP contribution < -0.4 is 5.32 Å². The number of ether oxygens (including phenoxy) is 1. The molecule has 1 saturated heterocycles. The van der Waals surface area contributed by atoms with Crippen LogP contribution in [0.5, 0.6) is 0 Å². The molecule has 2 heterocycles. The molecule has 3 atom stereocenters. The molecular formula is C14H20N2O. The van der Waals surface area contributed by atoms with Gasteiger partial charge in [0.05, 0.1) is 6.10 Å². The number of fused-ring (bicyclic) bond motifs is 1. The lowest BCUT2D eigenvalue weighted by molar-refractivity contribution is 0.0714. The molecule has 1 aromatic rings. The summed E-state index contributed by atoms with van der Waals surface area (Å²) >= 11 is 0. The van der Waals surface area contributed by atoms with Gasteiger partial charge in [-0.15, -0.1) is 0 Å². The molecule has 1 aliphatic carbocycles. The normalized spacial score (nSPS) is 29.2. The second-order valence-electron chi connectivity index (χ2n) is 5.06. The predicted octanol–water partition coefficient (Wildman–Crippen LogP) is 1.88. The minimum absolute atomic E-state index is 0.373. The molecule has 3 rings (SSSR count). The first-order valence-corrected chi connectivity index (χ1v) is 6.63. The van der Waals surface area contributed by atoms with Crippen molar-refractivity contribution in [3.05, 3.63) is 29.6 Å². The topological polar surface area (TPSA) is 34.1 Å². The van der Waals surface area contributed by atoms with Crippen molar-refractivity contribution in [1.82, 2.24) is 10.3 Å². The van der Waals surface area contributed by atoms with Crippen molar-refractivity contribution in [2.45, 2.75) is 43.7 Å². The number of hydrogen-bond donors (Lipinski definition) is 1. The number of aromatic nitrogens is 1. The first-order valence-electron chi connectivity index (χ1n) is 6.63. The van der Waals surface area contributed by atoms with E-state index in [2.05, 4.69) is 16.4 Å². The predicted molar refractivity (Wildman–Crippen MR) is 67.1 cm³/mol. The van der Waals surface area contributed by atoms with Gasteiger partial charge in [-0.3, -0.25) is 4.98 Å². The minimum Gasteiger partial charge on any atom is -0.377 e. The van der Waals surface area contributed by atoms with Crippen molar-refractivity contribution in [3.63, 3.8) is 0 Å². The van der Waals surface area contributed by atoms with E-state index in [0.717, 1.165) is 6.61 Å². The van der Waals surface area contributed by atoms with E-state index in [-0.39, 0.29) is 0 Å². The Labute approximate surface area is 103 Å². The highest BCUT2D eigenvalue weighted by atomic mass is 16.5. The molecule has 1 aromatic heterocycles. The number of rotatable bonds is 3. The maximum atomic E-state index is 5.84. The Bertz CT molecular complexity index is 388. The van der Waals surface area contributed by atoms with Crippen LogP contribution in [0.2, 0.25) is 0 Å². The lowest BCUT2D eigenvalue weighted by Crippen LogP contribution is -2.41. The third kappa shape index (κ3) is 1.98. The molecular weight excluding hydrogens is 212 g/mol. The van der Waals surface area contributed by atoms with E-state index in [1.165, 1.54) is 36.9 Å². The van der Waals surface area contributed by atoms with Gasteiger partial charge in [0.15, 0.2) is 0 Å². The summed E-state index contributed by atoms with van der Waals surface area (Å²) in [6.07, 6.45) is 7.04. The zero-order valence-corrected chi connectivity index (χ0v) is 10.4. The fraction of sp³-hybridized carbons (Fsp3) is 0.643. The van der Waals surface area contributed by atoms with Crippen molar-refractivity contribution in [1.29, 1.82) is 0 Å². The number of aryl methyl sites for hydroxylation is 1. The highest BCUT2D eigenvalue weighted by Crippen LogP contribution is 2.36. The van der Waals surface area contributed by atoms with Crippen LogP contribution in [-0.4, -0.2) is 30.8 Å². The second-order valence-corrected chi connectivity index (χ2v) is 5.06. The average Bonchev–Trinajstić information content (AvgIpc) is 3.01. The third-order valence-corrected chi connectivity index (χ3v) is 4.13. The Morgan fingerprint density at radius 3 is 3.18 bits per heavy atom. The molecule has 0 bridgehead atoms. The Kier molecular flexibility index (Phi) is 3.12. The molecule has 0 amide bonds. The van der Waals surface area contributed by atoms with Crippen LogP contribution in [0.1, 0.15) is 36.4 Å². The van der Waals surface area contributed by atoms with Gasteiger partial charge in [-0.1, -0.05) is 6.07 Å².